The second-order valence-electron chi connectivity index (χ2n) is 17.5. The maximum atomic E-state index is 6.62. The molecule has 1 heterocycles. The van der Waals surface area contributed by atoms with Gasteiger partial charge in [-0.25, -0.2) is 0 Å². The second kappa shape index (κ2) is 15.8. The second-order valence-corrected chi connectivity index (χ2v) is 17.5. The van der Waals surface area contributed by atoms with Crippen molar-refractivity contribution in [3.8, 4) is 44.5 Å². The van der Waals surface area contributed by atoms with Gasteiger partial charge < -0.3 is 9.32 Å². The summed E-state index contributed by atoms with van der Waals surface area (Å²) in [6.45, 7) is 0. The maximum Gasteiger partial charge on any atom is 0.143 e. The quantitative estimate of drug-likeness (QED) is 0.151. The van der Waals surface area contributed by atoms with Gasteiger partial charge in [0.2, 0.25) is 0 Å². The lowest BCUT2D eigenvalue weighted by Crippen LogP contribution is -2.28. The van der Waals surface area contributed by atoms with Gasteiger partial charge in [0.1, 0.15) is 11.2 Å². The molecule has 2 nitrogen and oxygen atoms in total. The fraction of sp³-hybridized carbons (Fsp3) is 0.0154. The molecular formula is C65H43NO. The molecule has 314 valence electrons. The summed E-state index contributed by atoms with van der Waals surface area (Å²) in [5, 5.41) is 4.57. The highest BCUT2D eigenvalue weighted by Gasteiger charge is 2.47. The number of nitrogens with zero attached hydrogens (tertiary/aromatic N) is 1. The minimum absolute atomic E-state index is 0.523. The third-order valence-electron chi connectivity index (χ3n) is 14.0. The molecule has 0 amide bonds. The van der Waals surface area contributed by atoms with Crippen LogP contribution in [0.15, 0.2) is 265 Å². The Labute approximate surface area is 390 Å². The Hall–Kier alpha value is -8.72. The van der Waals surface area contributed by atoms with Crippen LogP contribution in [0.25, 0.3) is 77.2 Å². The van der Waals surface area contributed by atoms with Gasteiger partial charge in [0, 0.05) is 33.1 Å². The van der Waals surface area contributed by atoms with Crippen molar-refractivity contribution in [3.63, 3.8) is 0 Å². The van der Waals surface area contributed by atoms with E-state index in [1.165, 1.54) is 61.0 Å². The number of furan rings is 1. The summed E-state index contributed by atoms with van der Waals surface area (Å²) >= 11 is 0. The molecule has 0 spiro atoms. The van der Waals surface area contributed by atoms with Gasteiger partial charge in [-0.3, -0.25) is 0 Å². The predicted molar refractivity (Wildman–Crippen MR) is 280 cm³/mol. The van der Waals surface area contributed by atoms with E-state index in [0.717, 1.165) is 55.5 Å². The predicted octanol–water partition coefficient (Wildman–Crippen LogP) is 17.6. The Bertz CT molecular complexity index is 3740. The van der Waals surface area contributed by atoms with Crippen LogP contribution in [0.3, 0.4) is 0 Å². The van der Waals surface area contributed by atoms with E-state index in [1.54, 1.807) is 0 Å². The molecule has 0 saturated heterocycles. The summed E-state index contributed by atoms with van der Waals surface area (Å²) in [7, 11) is 0. The maximum absolute atomic E-state index is 6.62. The highest BCUT2D eigenvalue weighted by molar-refractivity contribution is 6.19. The molecule has 0 N–H and O–H groups in total. The normalized spacial score (nSPS) is 12.6. The Morgan fingerprint density at radius 2 is 0.881 bits per heavy atom. The number of hydrogen-bond donors (Lipinski definition) is 0. The zero-order valence-electron chi connectivity index (χ0n) is 36.7. The average molecular weight is 854 g/mol. The Morgan fingerprint density at radius 3 is 1.60 bits per heavy atom. The summed E-state index contributed by atoms with van der Waals surface area (Å²) in [6, 6.07) is 95.0. The van der Waals surface area contributed by atoms with Crippen molar-refractivity contribution in [1.82, 2.24) is 0 Å². The van der Waals surface area contributed by atoms with Gasteiger partial charge in [0.15, 0.2) is 0 Å². The monoisotopic (exact) mass is 853 g/mol. The van der Waals surface area contributed by atoms with Crippen LogP contribution in [0.5, 0.6) is 0 Å². The highest BCUT2D eigenvalue weighted by Crippen LogP contribution is 2.59. The summed E-state index contributed by atoms with van der Waals surface area (Å²) in [5.74, 6) is 0. The van der Waals surface area contributed by atoms with Crippen molar-refractivity contribution in [2.24, 2.45) is 0 Å². The molecule has 13 rings (SSSR count). The van der Waals surface area contributed by atoms with Crippen LogP contribution >= 0.6 is 0 Å². The lowest BCUT2D eigenvalue weighted by atomic mass is 9.68. The summed E-state index contributed by atoms with van der Waals surface area (Å²) in [5.41, 5.74) is 19.1. The molecule has 12 aromatic rings. The molecule has 0 aliphatic heterocycles. The van der Waals surface area contributed by atoms with E-state index in [4.69, 9.17) is 4.42 Å². The molecule has 0 bridgehead atoms. The number of fused-ring (bicyclic) bond motifs is 8. The number of hydrogen-bond acceptors (Lipinski definition) is 2. The summed E-state index contributed by atoms with van der Waals surface area (Å²) < 4.78 is 6.62. The smallest absolute Gasteiger partial charge is 0.143 e. The van der Waals surface area contributed by atoms with Gasteiger partial charge in [-0.15, -0.1) is 0 Å². The molecule has 1 aliphatic rings. The molecule has 2 heteroatoms. The SMILES string of the molecule is c1ccc(-c2cccc(-c3ccc(N(c4ccc(-c5cccc6oc7c8ccccc8ccc7c56)cc4)c4cccc5c4-c4ccccc4C5(c4ccccc4)c4ccccc4)cc3)c2)cc1. The fourth-order valence-electron chi connectivity index (χ4n) is 11.0. The number of benzene rings is 11. The first-order chi connectivity index (χ1) is 33.2. The van der Waals surface area contributed by atoms with Crippen molar-refractivity contribution in [2.75, 3.05) is 4.90 Å². The zero-order chi connectivity index (χ0) is 44.3. The molecule has 1 aromatic heterocycles. The lowest BCUT2D eigenvalue weighted by molar-refractivity contribution is 0.673. The van der Waals surface area contributed by atoms with Crippen LogP contribution < -0.4 is 4.90 Å². The Balaban J connectivity index is 0.998. The molecule has 67 heavy (non-hydrogen) atoms. The number of anilines is 3. The van der Waals surface area contributed by atoms with Crippen molar-refractivity contribution >= 4 is 49.8 Å². The molecule has 0 unspecified atom stereocenters. The molecule has 0 fully saturated rings. The van der Waals surface area contributed by atoms with Crippen LogP contribution in [-0.4, -0.2) is 0 Å². The largest absolute Gasteiger partial charge is 0.455 e. The van der Waals surface area contributed by atoms with E-state index in [2.05, 4.69) is 266 Å². The van der Waals surface area contributed by atoms with Crippen LogP contribution in [-0.2, 0) is 5.41 Å². The molecule has 1 aliphatic carbocycles. The highest BCUT2D eigenvalue weighted by atomic mass is 16.3. The van der Waals surface area contributed by atoms with Crippen molar-refractivity contribution in [2.45, 2.75) is 5.41 Å². The van der Waals surface area contributed by atoms with Gasteiger partial charge in [-0.1, -0.05) is 212 Å². The fourth-order valence-corrected chi connectivity index (χ4v) is 11.0. The van der Waals surface area contributed by atoms with Crippen molar-refractivity contribution < 1.29 is 4.42 Å². The van der Waals surface area contributed by atoms with Gasteiger partial charge in [-0.05, 0) is 115 Å². The standard InChI is InChI=1S/C65H43NO/c1-4-17-44(18-5-1)48-20-14-21-49(43-48)45-33-38-52(39-34-45)66(53-40-35-47(36-41-53)54-28-15-32-61-62(54)57-42-37-46-19-10-11-26-55(46)64(57)67-61)60-31-16-30-59-63(60)56-27-12-13-29-58(56)65(59,50-22-6-2-7-23-50)51-24-8-3-9-25-51/h1-43H. The van der Waals surface area contributed by atoms with E-state index in [9.17, 15) is 0 Å². The summed E-state index contributed by atoms with van der Waals surface area (Å²) in [4.78, 5) is 2.45. The molecule has 0 saturated carbocycles. The van der Waals surface area contributed by atoms with Gasteiger partial charge in [0.05, 0.1) is 11.1 Å². The minimum atomic E-state index is -0.523. The lowest BCUT2D eigenvalue weighted by Gasteiger charge is -2.34. The van der Waals surface area contributed by atoms with Crippen LogP contribution in [0.1, 0.15) is 22.3 Å². The topological polar surface area (TPSA) is 16.4 Å². The third-order valence-corrected chi connectivity index (χ3v) is 14.0. The van der Waals surface area contributed by atoms with E-state index in [1.807, 2.05) is 0 Å². The minimum Gasteiger partial charge on any atom is -0.455 e. The van der Waals surface area contributed by atoms with E-state index >= 15 is 0 Å². The Morgan fingerprint density at radius 1 is 0.343 bits per heavy atom. The van der Waals surface area contributed by atoms with Crippen LogP contribution in [0.2, 0.25) is 0 Å². The number of rotatable bonds is 8. The molecule has 11 aromatic carbocycles. The van der Waals surface area contributed by atoms with E-state index < -0.39 is 5.41 Å². The van der Waals surface area contributed by atoms with Crippen molar-refractivity contribution in [3.05, 3.63) is 283 Å². The van der Waals surface area contributed by atoms with E-state index in [-0.39, 0.29) is 0 Å². The molecule has 0 atom stereocenters. The van der Waals surface area contributed by atoms with Gasteiger partial charge >= 0.3 is 0 Å². The van der Waals surface area contributed by atoms with Crippen molar-refractivity contribution in [1.29, 1.82) is 0 Å². The van der Waals surface area contributed by atoms with Gasteiger partial charge in [-0.2, -0.15) is 0 Å². The third kappa shape index (κ3) is 6.18. The van der Waals surface area contributed by atoms with E-state index in [0.29, 0.717) is 0 Å². The molecular weight excluding hydrogens is 811 g/mol. The van der Waals surface area contributed by atoms with Crippen LogP contribution in [0, 0.1) is 0 Å². The first-order valence-corrected chi connectivity index (χ1v) is 23.1. The first-order valence-electron chi connectivity index (χ1n) is 23.1. The Kier molecular flexibility index (Phi) is 9.11. The van der Waals surface area contributed by atoms with Crippen LogP contribution in [0.4, 0.5) is 17.1 Å². The molecule has 0 radical (unpaired) electrons. The zero-order valence-corrected chi connectivity index (χ0v) is 36.7. The summed E-state index contributed by atoms with van der Waals surface area (Å²) in [6.07, 6.45) is 0. The average Bonchev–Trinajstić information content (AvgIpc) is 3.95. The first kappa shape index (κ1) is 38.7. The van der Waals surface area contributed by atoms with Gasteiger partial charge in [0.25, 0.3) is 0 Å².